The number of halogens is 2. The molecule has 1 aromatic carbocycles. The number of aryl methyl sites for hydroxylation is 1. The molecular formula is C15H15Cl2N3. The van der Waals surface area contributed by atoms with Crippen LogP contribution in [0.1, 0.15) is 16.8 Å². The Labute approximate surface area is 128 Å². The van der Waals surface area contributed by atoms with Crippen molar-refractivity contribution in [1.82, 2.24) is 9.88 Å². The zero-order valence-corrected chi connectivity index (χ0v) is 12.7. The van der Waals surface area contributed by atoms with Gasteiger partial charge in [0, 0.05) is 29.8 Å². The van der Waals surface area contributed by atoms with E-state index in [-0.39, 0.29) is 0 Å². The molecule has 1 N–H and O–H groups in total. The fourth-order valence-electron chi connectivity index (χ4n) is 2.02. The van der Waals surface area contributed by atoms with Crippen LogP contribution in [0.15, 0.2) is 30.5 Å². The Bertz CT molecular complexity index is 641. The number of nitrogens with one attached hydrogen (secondary N) is 1. The van der Waals surface area contributed by atoms with E-state index in [1.54, 1.807) is 6.07 Å². The zero-order chi connectivity index (χ0) is 14.5. The van der Waals surface area contributed by atoms with E-state index in [0.717, 1.165) is 30.6 Å². The van der Waals surface area contributed by atoms with Gasteiger partial charge in [-0.2, -0.15) is 5.26 Å². The van der Waals surface area contributed by atoms with Gasteiger partial charge in [-0.15, -0.1) is 0 Å². The Morgan fingerprint density at radius 3 is 2.75 bits per heavy atom. The van der Waals surface area contributed by atoms with E-state index >= 15 is 0 Å². The highest BCUT2D eigenvalue weighted by atomic mass is 35.5. The summed E-state index contributed by atoms with van der Waals surface area (Å²) in [7, 11) is 1.87. The molecule has 0 saturated heterocycles. The summed E-state index contributed by atoms with van der Waals surface area (Å²) < 4.78 is 1.83. The average Bonchev–Trinajstić information content (AvgIpc) is 2.77. The van der Waals surface area contributed by atoms with Crippen LogP contribution >= 0.6 is 23.2 Å². The van der Waals surface area contributed by atoms with Crippen LogP contribution in [0.2, 0.25) is 10.0 Å². The molecule has 0 atom stereocenters. The van der Waals surface area contributed by atoms with Gasteiger partial charge in [0.15, 0.2) is 0 Å². The Hall–Kier alpha value is -1.47. The topological polar surface area (TPSA) is 40.8 Å². The molecular weight excluding hydrogens is 293 g/mol. The molecule has 104 valence electrons. The van der Waals surface area contributed by atoms with Crippen LogP contribution in [0.4, 0.5) is 0 Å². The molecule has 0 aliphatic rings. The molecule has 2 rings (SSSR count). The van der Waals surface area contributed by atoms with Gasteiger partial charge in [0.25, 0.3) is 0 Å². The number of hydrogen-bond donors (Lipinski definition) is 1. The highest BCUT2D eigenvalue weighted by Crippen LogP contribution is 2.21. The lowest BCUT2D eigenvalue weighted by molar-refractivity contribution is 0.686. The van der Waals surface area contributed by atoms with Crippen LogP contribution < -0.4 is 5.32 Å². The van der Waals surface area contributed by atoms with Crippen LogP contribution in [0.25, 0.3) is 0 Å². The van der Waals surface area contributed by atoms with E-state index in [4.69, 9.17) is 28.5 Å². The minimum Gasteiger partial charge on any atom is -0.342 e. The smallest absolute Gasteiger partial charge is 0.120 e. The zero-order valence-electron chi connectivity index (χ0n) is 11.2. The lowest BCUT2D eigenvalue weighted by Crippen LogP contribution is -2.16. The second-order valence-electron chi connectivity index (χ2n) is 4.62. The van der Waals surface area contributed by atoms with Gasteiger partial charge in [0.2, 0.25) is 0 Å². The fraction of sp³-hybridized carbons (Fsp3) is 0.267. The van der Waals surface area contributed by atoms with Crippen LogP contribution in [-0.2, 0) is 20.0 Å². The summed E-state index contributed by atoms with van der Waals surface area (Å²) in [6.45, 7) is 1.55. The summed E-state index contributed by atoms with van der Waals surface area (Å²) in [5.74, 6) is 0. The third kappa shape index (κ3) is 3.77. The van der Waals surface area contributed by atoms with Crippen molar-refractivity contribution in [2.75, 3.05) is 6.54 Å². The molecule has 20 heavy (non-hydrogen) atoms. The molecule has 0 bridgehead atoms. The summed E-state index contributed by atoms with van der Waals surface area (Å²) in [4.78, 5) is 0. The van der Waals surface area contributed by atoms with Crippen LogP contribution in [0.3, 0.4) is 0 Å². The van der Waals surface area contributed by atoms with E-state index in [9.17, 15) is 0 Å². The van der Waals surface area contributed by atoms with Crippen molar-refractivity contribution >= 4 is 23.2 Å². The van der Waals surface area contributed by atoms with E-state index < -0.39 is 0 Å². The SMILES string of the molecule is Cn1cc(CNCCc2ccc(Cl)cc2Cl)cc1C#N. The average molecular weight is 308 g/mol. The number of nitrogens with zero attached hydrogens (tertiary/aromatic N) is 2. The van der Waals surface area contributed by atoms with E-state index in [2.05, 4.69) is 11.4 Å². The molecule has 0 aliphatic heterocycles. The Morgan fingerprint density at radius 1 is 1.30 bits per heavy atom. The maximum atomic E-state index is 8.89. The lowest BCUT2D eigenvalue weighted by Gasteiger charge is -2.06. The maximum absolute atomic E-state index is 8.89. The first kappa shape index (κ1) is 14.9. The second-order valence-corrected chi connectivity index (χ2v) is 5.46. The minimum atomic E-state index is 0.653. The summed E-state index contributed by atoms with van der Waals surface area (Å²) in [5.41, 5.74) is 2.85. The molecule has 0 radical (unpaired) electrons. The Morgan fingerprint density at radius 2 is 2.10 bits per heavy atom. The molecule has 0 amide bonds. The number of rotatable bonds is 5. The van der Waals surface area contributed by atoms with Crippen LogP contribution in [0.5, 0.6) is 0 Å². The summed E-state index contributed by atoms with van der Waals surface area (Å²) in [6, 6.07) is 9.59. The van der Waals surface area contributed by atoms with Gasteiger partial charge >= 0.3 is 0 Å². The van der Waals surface area contributed by atoms with Crippen molar-refractivity contribution in [1.29, 1.82) is 5.26 Å². The summed E-state index contributed by atoms with van der Waals surface area (Å²) >= 11 is 12.0. The molecule has 0 spiro atoms. The molecule has 0 aliphatic carbocycles. The monoisotopic (exact) mass is 307 g/mol. The van der Waals surface area contributed by atoms with Crippen LogP contribution in [-0.4, -0.2) is 11.1 Å². The van der Waals surface area contributed by atoms with Crippen LogP contribution in [0, 0.1) is 11.3 Å². The normalized spacial score (nSPS) is 10.5. The van der Waals surface area contributed by atoms with E-state index in [1.165, 1.54) is 0 Å². The van der Waals surface area contributed by atoms with Crippen molar-refractivity contribution in [2.24, 2.45) is 7.05 Å². The quantitative estimate of drug-likeness (QED) is 0.858. The molecule has 0 fully saturated rings. The largest absolute Gasteiger partial charge is 0.342 e. The summed E-state index contributed by atoms with van der Waals surface area (Å²) in [5, 5.41) is 13.6. The predicted octanol–water partition coefficient (Wildman–Crippen LogP) is 3.54. The highest BCUT2D eigenvalue weighted by molar-refractivity contribution is 6.35. The lowest BCUT2D eigenvalue weighted by atomic mass is 10.1. The van der Waals surface area contributed by atoms with Gasteiger partial charge < -0.3 is 9.88 Å². The third-order valence-electron chi connectivity index (χ3n) is 3.09. The predicted molar refractivity (Wildman–Crippen MR) is 82.0 cm³/mol. The first-order chi connectivity index (χ1) is 9.60. The van der Waals surface area contributed by atoms with Gasteiger partial charge in [-0.25, -0.2) is 0 Å². The second kappa shape index (κ2) is 6.81. The number of nitriles is 1. The molecule has 3 nitrogen and oxygen atoms in total. The first-order valence-electron chi connectivity index (χ1n) is 6.30. The van der Waals surface area contributed by atoms with Gasteiger partial charge in [-0.05, 0) is 42.3 Å². The molecule has 0 saturated carbocycles. The Kier molecular flexibility index (Phi) is 5.08. The first-order valence-corrected chi connectivity index (χ1v) is 7.05. The maximum Gasteiger partial charge on any atom is 0.120 e. The van der Waals surface area contributed by atoms with Gasteiger partial charge in [-0.1, -0.05) is 29.3 Å². The van der Waals surface area contributed by atoms with Gasteiger partial charge in [-0.3, -0.25) is 0 Å². The minimum absolute atomic E-state index is 0.653. The van der Waals surface area contributed by atoms with Crippen molar-refractivity contribution in [2.45, 2.75) is 13.0 Å². The fourth-order valence-corrected chi connectivity index (χ4v) is 2.52. The number of benzene rings is 1. The van der Waals surface area contributed by atoms with Crippen molar-refractivity contribution in [3.8, 4) is 6.07 Å². The van der Waals surface area contributed by atoms with Gasteiger partial charge in [0.1, 0.15) is 11.8 Å². The Balaban J connectivity index is 1.83. The van der Waals surface area contributed by atoms with Crippen molar-refractivity contribution in [3.05, 3.63) is 57.3 Å². The summed E-state index contributed by atoms with van der Waals surface area (Å²) in [6.07, 6.45) is 2.80. The molecule has 2 aromatic rings. The number of aromatic nitrogens is 1. The van der Waals surface area contributed by atoms with Crippen molar-refractivity contribution < 1.29 is 0 Å². The van der Waals surface area contributed by atoms with Crippen molar-refractivity contribution in [3.63, 3.8) is 0 Å². The molecule has 0 unspecified atom stereocenters. The van der Waals surface area contributed by atoms with Gasteiger partial charge in [0.05, 0.1) is 0 Å². The van der Waals surface area contributed by atoms with E-state index in [1.807, 2.05) is 36.0 Å². The molecule has 1 aromatic heterocycles. The molecule has 1 heterocycles. The third-order valence-corrected chi connectivity index (χ3v) is 3.68. The van der Waals surface area contributed by atoms with E-state index in [0.29, 0.717) is 15.7 Å². The number of hydrogen-bond acceptors (Lipinski definition) is 2. The molecule has 5 heteroatoms. The highest BCUT2D eigenvalue weighted by Gasteiger charge is 2.03. The standard InChI is InChI=1S/C15H15Cl2N3/c1-20-10-11(6-14(20)8-18)9-19-5-4-12-2-3-13(16)7-15(12)17/h2-3,6-7,10,19H,4-5,9H2,1H3.